The Morgan fingerprint density at radius 2 is 1.83 bits per heavy atom. The summed E-state index contributed by atoms with van der Waals surface area (Å²) in [6.07, 6.45) is 14.6. The first kappa shape index (κ1) is 31.7. The largest absolute Gasteiger partial charge is 0.467 e. The van der Waals surface area contributed by atoms with Gasteiger partial charge in [-0.15, -0.1) is 0 Å². The molecule has 42 heavy (non-hydrogen) atoms. The summed E-state index contributed by atoms with van der Waals surface area (Å²) in [6, 6.07) is 15.1. The third-order valence-corrected chi connectivity index (χ3v) is 8.80. The maximum Gasteiger partial charge on any atom is 0.328 e. The van der Waals surface area contributed by atoms with Gasteiger partial charge in [-0.05, 0) is 84.6 Å². The second-order valence-electron chi connectivity index (χ2n) is 11.1. The van der Waals surface area contributed by atoms with Gasteiger partial charge in [-0.2, -0.15) is 22.0 Å². The lowest BCUT2D eigenvalue weighted by Gasteiger charge is -2.25. The number of nitrogens with one attached hydrogen (secondary N) is 1. The van der Waals surface area contributed by atoms with Crippen molar-refractivity contribution in [1.82, 2.24) is 15.5 Å². The second kappa shape index (κ2) is 16.4. The number of hydrogen-bond donors (Lipinski definition) is 1. The summed E-state index contributed by atoms with van der Waals surface area (Å²) in [4.78, 5) is 26.0. The molecular formula is C34H43N3O4S. The van der Waals surface area contributed by atoms with Crippen LogP contribution in [-0.4, -0.2) is 47.2 Å². The van der Waals surface area contributed by atoms with E-state index in [2.05, 4.69) is 15.5 Å². The quantitative estimate of drug-likeness (QED) is 0.201. The van der Waals surface area contributed by atoms with Crippen molar-refractivity contribution < 1.29 is 19.1 Å². The van der Waals surface area contributed by atoms with Crippen LogP contribution in [0.2, 0.25) is 0 Å². The van der Waals surface area contributed by atoms with Crippen LogP contribution in [0.25, 0.3) is 11.1 Å². The molecule has 0 bridgehead atoms. The molecule has 0 aliphatic heterocycles. The van der Waals surface area contributed by atoms with Gasteiger partial charge >= 0.3 is 5.97 Å². The molecule has 1 heterocycles. The summed E-state index contributed by atoms with van der Waals surface area (Å²) >= 11 is 1.62. The first-order chi connectivity index (χ1) is 20.5. The normalized spacial score (nSPS) is 15.1. The lowest BCUT2D eigenvalue weighted by molar-refractivity contribution is -0.142. The van der Waals surface area contributed by atoms with E-state index in [0.717, 1.165) is 52.3 Å². The van der Waals surface area contributed by atoms with Crippen molar-refractivity contribution in [3.8, 4) is 11.1 Å². The number of amides is 1. The van der Waals surface area contributed by atoms with Crippen molar-refractivity contribution in [2.45, 2.75) is 77.0 Å². The molecule has 4 rings (SSSR count). The Labute approximate surface area is 254 Å². The van der Waals surface area contributed by atoms with E-state index in [1.54, 1.807) is 24.2 Å². The van der Waals surface area contributed by atoms with E-state index >= 15 is 0 Å². The van der Waals surface area contributed by atoms with Crippen LogP contribution in [0.3, 0.4) is 0 Å². The highest BCUT2D eigenvalue weighted by molar-refractivity contribution is 7.98. The summed E-state index contributed by atoms with van der Waals surface area (Å²) in [5, 5.41) is 11.0. The molecule has 3 aromatic rings. The molecule has 224 valence electrons. The minimum absolute atomic E-state index is 0.0791. The molecule has 0 radical (unpaired) electrons. The number of aromatic nitrogens is 2. The third-order valence-electron chi connectivity index (χ3n) is 8.16. The van der Waals surface area contributed by atoms with Crippen LogP contribution in [0.4, 0.5) is 0 Å². The standard InChI is InChI=1S/C34H43N3O4S/c1-24-9-7-8-12-28(24)30-21-26(13-15-29(30)33(38)37-31(18-20-42-3)34(39)40-2)23-41-32(27-17-19-35-36-22-27)16-14-25-10-5-4-6-11-25/h7-9,12-13,15,17,19,21-22,25,31-32H,4-6,10-11,14,16,18,20,23H2,1-3H3,(H,37,38). The monoisotopic (exact) mass is 589 g/mol. The zero-order valence-electron chi connectivity index (χ0n) is 25.0. The van der Waals surface area contributed by atoms with Crippen LogP contribution >= 0.6 is 11.8 Å². The Morgan fingerprint density at radius 3 is 2.55 bits per heavy atom. The number of hydrogen-bond acceptors (Lipinski definition) is 7. The van der Waals surface area contributed by atoms with Crippen LogP contribution in [0.1, 0.15) is 84.5 Å². The Morgan fingerprint density at radius 1 is 1.02 bits per heavy atom. The molecule has 7 nitrogen and oxygen atoms in total. The van der Waals surface area contributed by atoms with Crippen LogP contribution in [-0.2, 0) is 20.9 Å². The number of ether oxygens (including phenoxy) is 2. The van der Waals surface area contributed by atoms with Gasteiger partial charge in [-0.3, -0.25) is 4.79 Å². The van der Waals surface area contributed by atoms with Crippen molar-refractivity contribution in [2.75, 3.05) is 19.1 Å². The van der Waals surface area contributed by atoms with Gasteiger partial charge in [0.05, 0.1) is 26.0 Å². The summed E-state index contributed by atoms with van der Waals surface area (Å²) < 4.78 is 11.5. The molecule has 1 aliphatic carbocycles. The fraction of sp³-hybridized carbons (Fsp3) is 0.471. The number of carbonyl (C=O) groups is 2. The Hall–Kier alpha value is -3.23. The topological polar surface area (TPSA) is 90.4 Å². The number of thioether (sulfide) groups is 1. The van der Waals surface area contributed by atoms with Crippen molar-refractivity contribution in [3.63, 3.8) is 0 Å². The van der Waals surface area contributed by atoms with E-state index in [-0.39, 0.29) is 12.0 Å². The van der Waals surface area contributed by atoms with Crippen LogP contribution in [0.15, 0.2) is 60.9 Å². The lowest BCUT2D eigenvalue weighted by atomic mass is 9.85. The van der Waals surface area contributed by atoms with Crippen LogP contribution in [0, 0.1) is 12.8 Å². The number of aryl methyl sites for hydroxylation is 1. The van der Waals surface area contributed by atoms with E-state index in [0.29, 0.717) is 18.6 Å². The average molecular weight is 590 g/mol. The van der Waals surface area contributed by atoms with Crippen molar-refractivity contribution >= 4 is 23.6 Å². The number of benzene rings is 2. The molecule has 1 aromatic heterocycles. The molecule has 1 fully saturated rings. The molecule has 0 saturated heterocycles. The van der Waals surface area contributed by atoms with Gasteiger partial charge in [0.1, 0.15) is 6.04 Å². The smallest absolute Gasteiger partial charge is 0.328 e. The fourth-order valence-electron chi connectivity index (χ4n) is 5.74. The summed E-state index contributed by atoms with van der Waals surface area (Å²) in [7, 11) is 1.35. The van der Waals surface area contributed by atoms with Gasteiger partial charge in [0.2, 0.25) is 0 Å². The molecule has 1 saturated carbocycles. The molecule has 1 amide bonds. The fourth-order valence-corrected chi connectivity index (χ4v) is 6.21. The van der Waals surface area contributed by atoms with E-state index in [4.69, 9.17) is 9.47 Å². The maximum atomic E-state index is 13.6. The molecule has 0 spiro atoms. The maximum absolute atomic E-state index is 13.6. The first-order valence-electron chi connectivity index (χ1n) is 14.9. The van der Waals surface area contributed by atoms with Gasteiger partial charge in [-0.25, -0.2) is 4.79 Å². The molecule has 1 aliphatic rings. The first-order valence-corrected chi connectivity index (χ1v) is 16.3. The van der Waals surface area contributed by atoms with Crippen molar-refractivity contribution in [2.24, 2.45) is 5.92 Å². The van der Waals surface area contributed by atoms with Gasteiger partial charge in [0.25, 0.3) is 5.91 Å². The number of nitrogens with zero attached hydrogens (tertiary/aromatic N) is 2. The van der Waals surface area contributed by atoms with Gasteiger partial charge in [0, 0.05) is 17.3 Å². The summed E-state index contributed by atoms with van der Waals surface area (Å²) in [5.41, 5.74) is 5.36. The zero-order chi connectivity index (χ0) is 29.7. The Kier molecular flexibility index (Phi) is 12.4. The van der Waals surface area contributed by atoms with Gasteiger partial charge < -0.3 is 14.8 Å². The molecular weight excluding hydrogens is 546 g/mol. The molecule has 1 N–H and O–H groups in total. The highest BCUT2D eigenvalue weighted by atomic mass is 32.2. The van der Waals surface area contributed by atoms with Crippen LogP contribution in [0.5, 0.6) is 0 Å². The van der Waals surface area contributed by atoms with E-state index in [1.165, 1.54) is 39.2 Å². The second-order valence-corrected chi connectivity index (χ2v) is 12.1. The zero-order valence-corrected chi connectivity index (χ0v) is 25.8. The van der Waals surface area contributed by atoms with Crippen LogP contribution < -0.4 is 5.32 Å². The summed E-state index contributed by atoms with van der Waals surface area (Å²) in [5.74, 6) is 0.751. The minimum atomic E-state index is -0.707. The molecule has 2 aromatic carbocycles. The number of esters is 1. The molecule has 2 atom stereocenters. The Balaban J connectivity index is 1.56. The molecule has 2 unspecified atom stereocenters. The number of carbonyl (C=O) groups excluding carboxylic acids is 2. The predicted octanol–water partition coefficient (Wildman–Crippen LogP) is 7.09. The van der Waals surface area contributed by atoms with Crippen molar-refractivity contribution in [3.05, 3.63) is 83.2 Å². The Bertz CT molecular complexity index is 1300. The predicted molar refractivity (Wildman–Crippen MR) is 168 cm³/mol. The third kappa shape index (κ3) is 8.88. The lowest BCUT2D eigenvalue weighted by Crippen LogP contribution is -2.42. The highest BCUT2D eigenvalue weighted by Crippen LogP contribution is 2.33. The van der Waals surface area contributed by atoms with E-state index in [9.17, 15) is 9.59 Å². The SMILES string of the molecule is COC(=O)C(CCSC)NC(=O)c1ccc(COC(CCC2CCCCC2)c2ccnnc2)cc1-c1ccccc1C. The van der Waals surface area contributed by atoms with E-state index < -0.39 is 12.0 Å². The summed E-state index contributed by atoms with van der Waals surface area (Å²) in [6.45, 7) is 2.44. The minimum Gasteiger partial charge on any atom is -0.467 e. The van der Waals surface area contributed by atoms with Gasteiger partial charge in [0.15, 0.2) is 0 Å². The van der Waals surface area contributed by atoms with E-state index in [1.807, 2.05) is 61.7 Å². The highest BCUT2D eigenvalue weighted by Gasteiger charge is 2.24. The average Bonchev–Trinajstić information content (AvgIpc) is 3.03. The number of rotatable bonds is 14. The number of methoxy groups -OCH3 is 1. The van der Waals surface area contributed by atoms with Crippen molar-refractivity contribution in [1.29, 1.82) is 0 Å². The van der Waals surface area contributed by atoms with Gasteiger partial charge in [-0.1, -0.05) is 62.4 Å². The molecule has 8 heteroatoms.